The fourth-order valence-corrected chi connectivity index (χ4v) is 4.74. The van der Waals surface area contributed by atoms with Gasteiger partial charge in [0.1, 0.15) is 0 Å². The van der Waals surface area contributed by atoms with Crippen LogP contribution in [0.1, 0.15) is 24.8 Å². The van der Waals surface area contributed by atoms with Crippen LogP contribution in [0.5, 0.6) is 0 Å². The molecule has 96 valence electrons. The summed E-state index contributed by atoms with van der Waals surface area (Å²) in [4.78, 5) is 0. The molecule has 3 heteroatoms. The summed E-state index contributed by atoms with van der Waals surface area (Å²) in [5.41, 5.74) is 1.46. The number of benzene rings is 1. The maximum atomic E-state index is 3.64. The lowest BCUT2D eigenvalue weighted by Crippen LogP contribution is -2.26. The summed E-state index contributed by atoms with van der Waals surface area (Å²) < 4.78 is 1.40. The Balaban J connectivity index is 1.56. The minimum absolute atomic E-state index is 0.837. The topological polar surface area (TPSA) is 12.0 Å². The molecule has 1 aromatic heterocycles. The third kappa shape index (κ3) is 2.90. The van der Waals surface area contributed by atoms with Crippen LogP contribution in [0.15, 0.2) is 29.6 Å². The summed E-state index contributed by atoms with van der Waals surface area (Å²) in [6.07, 6.45) is 4.22. The molecule has 1 unspecified atom stereocenters. The molecule has 0 spiro atoms. The molecular weight excluding hydrogens is 258 g/mol. The molecule has 1 aliphatic heterocycles. The van der Waals surface area contributed by atoms with Crippen molar-refractivity contribution >= 4 is 33.2 Å². The molecule has 1 aromatic carbocycles. The van der Waals surface area contributed by atoms with E-state index < -0.39 is 0 Å². The Hall–Kier alpha value is -0.510. The number of thioether (sulfide) groups is 1. The highest BCUT2D eigenvalue weighted by Crippen LogP contribution is 2.26. The van der Waals surface area contributed by atoms with Crippen LogP contribution in [0.4, 0.5) is 0 Å². The number of thiophene rings is 1. The molecule has 0 aliphatic carbocycles. The highest BCUT2D eigenvalue weighted by atomic mass is 32.2. The van der Waals surface area contributed by atoms with Crippen LogP contribution in [0.25, 0.3) is 10.1 Å². The lowest BCUT2D eigenvalue weighted by molar-refractivity contribution is 0.599. The molecule has 0 bridgehead atoms. The monoisotopic (exact) mass is 277 g/mol. The lowest BCUT2D eigenvalue weighted by Gasteiger charge is -2.21. The van der Waals surface area contributed by atoms with Crippen molar-refractivity contribution in [2.75, 3.05) is 12.3 Å². The molecule has 2 aromatic rings. The second kappa shape index (κ2) is 6.09. The summed E-state index contributed by atoms with van der Waals surface area (Å²) in [7, 11) is 0. The number of fused-ring (bicyclic) bond motifs is 1. The van der Waals surface area contributed by atoms with Gasteiger partial charge in [-0.3, -0.25) is 0 Å². The SMILES string of the molecule is c1ccc2c(CNCC3CCCCS3)csc2c1. The highest BCUT2D eigenvalue weighted by Gasteiger charge is 2.13. The lowest BCUT2D eigenvalue weighted by atomic mass is 10.1. The molecule has 1 N–H and O–H groups in total. The van der Waals surface area contributed by atoms with Gasteiger partial charge < -0.3 is 5.32 Å². The first-order valence-electron chi connectivity index (χ1n) is 6.71. The first-order chi connectivity index (χ1) is 8.93. The van der Waals surface area contributed by atoms with Gasteiger partial charge >= 0.3 is 0 Å². The minimum Gasteiger partial charge on any atom is -0.312 e. The van der Waals surface area contributed by atoms with Gasteiger partial charge in [0.05, 0.1) is 0 Å². The van der Waals surface area contributed by atoms with Crippen LogP contribution in [-0.2, 0) is 6.54 Å². The number of hydrogen-bond acceptors (Lipinski definition) is 3. The van der Waals surface area contributed by atoms with E-state index in [4.69, 9.17) is 0 Å². The largest absolute Gasteiger partial charge is 0.312 e. The van der Waals surface area contributed by atoms with E-state index in [9.17, 15) is 0 Å². The zero-order valence-corrected chi connectivity index (χ0v) is 12.2. The van der Waals surface area contributed by atoms with Crippen LogP contribution in [0.3, 0.4) is 0 Å². The van der Waals surface area contributed by atoms with E-state index >= 15 is 0 Å². The highest BCUT2D eigenvalue weighted by molar-refractivity contribution is 7.99. The second-order valence-corrected chi connectivity index (χ2v) is 7.20. The third-order valence-electron chi connectivity index (χ3n) is 3.52. The van der Waals surface area contributed by atoms with Crippen LogP contribution < -0.4 is 5.32 Å². The van der Waals surface area contributed by atoms with Gasteiger partial charge in [-0.15, -0.1) is 11.3 Å². The van der Waals surface area contributed by atoms with Gasteiger partial charge in [-0.05, 0) is 41.0 Å². The zero-order chi connectivity index (χ0) is 12.2. The molecule has 3 rings (SSSR count). The Labute approximate surface area is 117 Å². The van der Waals surface area contributed by atoms with E-state index in [0.717, 1.165) is 18.3 Å². The van der Waals surface area contributed by atoms with Gasteiger partial charge in [0, 0.05) is 23.0 Å². The average Bonchev–Trinajstić information content (AvgIpc) is 2.84. The van der Waals surface area contributed by atoms with Crippen molar-refractivity contribution in [2.45, 2.75) is 31.1 Å². The summed E-state index contributed by atoms with van der Waals surface area (Å²) in [6, 6.07) is 8.70. The van der Waals surface area contributed by atoms with Crippen molar-refractivity contribution in [3.05, 3.63) is 35.2 Å². The molecule has 1 aliphatic rings. The molecule has 0 saturated carbocycles. The maximum absolute atomic E-state index is 3.64. The molecule has 0 amide bonds. The first-order valence-corrected chi connectivity index (χ1v) is 8.64. The van der Waals surface area contributed by atoms with Crippen LogP contribution in [0, 0.1) is 0 Å². The normalized spacial score (nSPS) is 20.3. The summed E-state index contributed by atoms with van der Waals surface area (Å²) in [5, 5.41) is 8.19. The Morgan fingerprint density at radius 3 is 3.06 bits per heavy atom. The molecular formula is C15H19NS2. The van der Waals surface area contributed by atoms with Crippen LogP contribution in [0.2, 0.25) is 0 Å². The zero-order valence-electron chi connectivity index (χ0n) is 10.5. The summed E-state index contributed by atoms with van der Waals surface area (Å²) >= 11 is 4.00. The molecule has 0 radical (unpaired) electrons. The van der Waals surface area contributed by atoms with E-state index in [-0.39, 0.29) is 0 Å². The third-order valence-corrected chi connectivity index (χ3v) is 5.93. The van der Waals surface area contributed by atoms with Gasteiger partial charge in [0.25, 0.3) is 0 Å². The van der Waals surface area contributed by atoms with Gasteiger partial charge in [0.15, 0.2) is 0 Å². The van der Waals surface area contributed by atoms with Gasteiger partial charge in [-0.25, -0.2) is 0 Å². The minimum atomic E-state index is 0.837. The van der Waals surface area contributed by atoms with Crippen molar-refractivity contribution in [1.82, 2.24) is 5.32 Å². The number of hydrogen-bond donors (Lipinski definition) is 1. The van der Waals surface area contributed by atoms with Gasteiger partial charge in [-0.2, -0.15) is 11.8 Å². The summed E-state index contributed by atoms with van der Waals surface area (Å²) in [5.74, 6) is 1.35. The summed E-state index contributed by atoms with van der Waals surface area (Å²) in [6.45, 7) is 2.18. The van der Waals surface area contributed by atoms with Crippen molar-refractivity contribution in [3.63, 3.8) is 0 Å². The number of nitrogens with one attached hydrogen (secondary N) is 1. The molecule has 1 saturated heterocycles. The fraction of sp³-hybridized carbons (Fsp3) is 0.467. The standard InChI is InChI=1S/C15H19NS2/c1-2-7-15-14(6-1)12(11-18-15)9-16-10-13-5-3-4-8-17-13/h1-2,6-7,11,13,16H,3-5,8-10H2. The van der Waals surface area contributed by atoms with E-state index in [1.54, 1.807) is 0 Å². The molecule has 2 heterocycles. The molecule has 1 fully saturated rings. The molecule has 1 atom stereocenters. The van der Waals surface area contributed by atoms with E-state index in [1.807, 2.05) is 11.3 Å². The molecule has 1 nitrogen and oxygen atoms in total. The predicted molar refractivity (Wildman–Crippen MR) is 83.6 cm³/mol. The average molecular weight is 277 g/mol. The quantitative estimate of drug-likeness (QED) is 0.895. The van der Waals surface area contributed by atoms with Crippen molar-refractivity contribution < 1.29 is 0 Å². The van der Waals surface area contributed by atoms with Gasteiger partial charge in [-0.1, -0.05) is 24.6 Å². The smallest absolute Gasteiger partial charge is 0.0346 e. The second-order valence-electron chi connectivity index (χ2n) is 4.88. The van der Waals surface area contributed by atoms with Crippen LogP contribution in [-0.4, -0.2) is 17.5 Å². The first kappa shape index (κ1) is 12.5. The van der Waals surface area contributed by atoms with E-state index in [0.29, 0.717) is 0 Å². The van der Waals surface area contributed by atoms with Gasteiger partial charge in [0.2, 0.25) is 0 Å². The fourth-order valence-electron chi connectivity index (χ4n) is 2.51. The van der Waals surface area contributed by atoms with Crippen LogP contribution >= 0.6 is 23.1 Å². The number of rotatable bonds is 4. The van der Waals surface area contributed by atoms with Crippen molar-refractivity contribution in [1.29, 1.82) is 0 Å². The van der Waals surface area contributed by atoms with E-state index in [1.165, 1.54) is 40.7 Å². The maximum Gasteiger partial charge on any atom is 0.0346 e. The molecule has 18 heavy (non-hydrogen) atoms. The Bertz CT molecular complexity index is 500. The van der Waals surface area contributed by atoms with E-state index in [2.05, 4.69) is 46.7 Å². The predicted octanol–water partition coefficient (Wildman–Crippen LogP) is 4.28. The van der Waals surface area contributed by atoms with Crippen molar-refractivity contribution in [3.8, 4) is 0 Å². The van der Waals surface area contributed by atoms with Crippen molar-refractivity contribution in [2.24, 2.45) is 0 Å². The Kier molecular flexibility index (Phi) is 4.24. The Morgan fingerprint density at radius 1 is 1.22 bits per heavy atom. The Morgan fingerprint density at radius 2 is 2.17 bits per heavy atom.